The van der Waals surface area contributed by atoms with Crippen molar-refractivity contribution >= 4 is 11.7 Å². The van der Waals surface area contributed by atoms with Crippen molar-refractivity contribution < 1.29 is 22.8 Å². The number of rotatable bonds is 7. The van der Waals surface area contributed by atoms with Crippen LogP contribution in [0.15, 0.2) is 36.5 Å². The zero-order valence-corrected chi connectivity index (χ0v) is 12.2. The molecular formula is C16H18F3NO2. The van der Waals surface area contributed by atoms with Gasteiger partial charge in [0.15, 0.2) is 5.78 Å². The van der Waals surface area contributed by atoms with E-state index in [-0.39, 0.29) is 11.3 Å². The van der Waals surface area contributed by atoms with Crippen LogP contribution < -0.4 is 5.32 Å². The maximum atomic E-state index is 12.5. The Bertz CT molecular complexity index is 551. The Kier molecular flexibility index (Phi) is 6.82. The number of ketones is 1. The molecule has 1 rings (SSSR count). The fourth-order valence-corrected chi connectivity index (χ4v) is 1.76. The quantitative estimate of drug-likeness (QED) is 0.608. The summed E-state index contributed by atoms with van der Waals surface area (Å²) >= 11 is 0. The number of benzene rings is 1. The number of halogens is 3. The standard InChI is InChI=1S/C16H18F3NO2/c1-2-3-4-8-14(21)9-10-20-15(22)12-6-5-7-13(11-12)16(17,18)19/h5-7,9-11H,2-4,8H2,1H3,(H,20,22)/b10-9-. The summed E-state index contributed by atoms with van der Waals surface area (Å²) in [5, 5.41) is 2.29. The molecule has 0 aliphatic rings. The van der Waals surface area contributed by atoms with Gasteiger partial charge in [-0.1, -0.05) is 25.8 Å². The second-order valence-electron chi connectivity index (χ2n) is 4.81. The number of unbranched alkanes of at least 4 members (excludes halogenated alkanes) is 2. The molecule has 0 aliphatic heterocycles. The summed E-state index contributed by atoms with van der Waals surface area (Å²) in [4.78, 5) is 23.2. The van der Waals surface area contributed by atoms with E-state index in [2.05, 4.69) is 5.32 Å². The lowest BCUT2D eigenvalue weighted by Crippen LogP contribution is -2.18. The molecule has 22 heavy (non-hydrogen) atoms. The maximum Gasteiger partial charge on any atom is 0.416 e. The van der Waals surface area contributed by atoms with Gasteiger partial charge in [0, 0.05) is 18.2 Å². The first-order valence-corrected chi connectivity index (χ1v) is 7.02. The Labute approximate surface area is 127 Å². The second kappa shape index (κ2) is 8.36. The van der Waals surface area contributed by atoms with Crippen molar-refractivity contribution in [1.82, 2.24) is 5.32 Å². The molecule has 0 saturated heterocycles. The summed E-state index contributed by atoms with van der Waals surface area (Å²) < 4.78 is 37.6. The molecule has 0 spiro atoms. The summed E-state index contributed by atoms with van der Waals surface area (Å²) in [6, 6.07) is 4.11. The molecule has 0 aromatic heterocycles. The van der Waals surface area contributed by atoms with Crippen molar-refractivity contribution in [2.75, 3.05) is 0 Å². The van der Waals surface area contributed by atoms with Gasteiger partial charge in [-0.05, 0) is 30.7 Å². The smallest absolute Gasteiger partial charge is 0.328 e. The Morgan fingerprint density at radius 1 is 1.23 bits per heavy atom. The van der Waals surface area contributed by atoms with Crippen molar-refractivity contribution in [3.8, 4) is 0 Å². The molecule has 0 atom stereocenters. The van der Waals surface area contributed by atoms with Gasteiger partial charge in [-0.2, -0.15) is 13.2 Å². The summed E-state index contributed by atoms with van der Waals surface area (Å²) in [7, 11) is 0. The molecule has 120 valence electrons. The Morgan fingerprint density at radius 2 is 1.95 bits per heavy atom. The number of carbonyl (C=O) groups is 2. The van der Waals surface area contributed by atoms with E-state index in [1.807, 2.05) is 6.92 Å². The number of hydrogen-bond donors (Lipinski definition) is 1. The van der Waals surface area contributed by atoms with Crippen molar-refractivity contribution in [1.29, 1.82) is 0 Å². The van der Waals surface area contributed by atoms with E-state index >= 15 is 0 Å². The van der Waals surface area contributed by atoms with Gasteiger partial charge >= 0.3 is 6.18 Å². The molecule has 0 aliphatic carbocycles. The van der Waals surface area contributed by atoms with E-state index in [1.165, 1.54) is 12.1 Å². The summed E-state index contributed by atoms with van der Waals surface area (Å²) in [5.74, 6) is -0.818. The zero-order valence-electron chi connectivity index (χ0n) is 12.2. The third-order valence-electron chi connectivity index (χ3n) is 2.96. The third kappa shape index (κ3) is 6.11. The fraction of sp³-hybridized carbons (Fsp3) is 0.375. The van der Waals surface area contributed by atoms with Gasteiger partial charge in [-0.15, -0.1) is 0 Å². The minimum atomic E-state index is -4.50. The van der Waals surface area contributed by atoms with Crippen molar-refractivity contribution in [3.63, 3.8) is 0 Å². The molecule has 3 nitrogen and oxygen atoms in total. The lowest BCUT2D eigenvalue weighted by Gasteiger charge is -2.07. The van der Waals surface area contributed by atoms with E-state index in [9.17, 15) is 22.8 Å². The first kappa shape index (κ1) is 17.9. The van der Waals surface area contributed by atoms with Gasteiger partial charge in [-0.25, -0.2) is 0 Å². The maximum absolute atomic E-state index is 12.5. The van der Waals surface area contributed by atoms with E-state index in [1.54, 1.807) is 0 Å². The molecule has 0 heterocycles. The molecule has 0 saturated carbocycles. The van der Waals surface area contributed by atoms with Crippen LogP contribution in [0.5, 0.6) is 0 Å². The van der Waals surface area contributed by atoms with Crippen LogP contribution in [0.3, 0.4) is 0 Å². The van der Waals surface area contributed by atoms with E-state index in [0.29, 0.717) is 6.42 Å². The number of allylic oxidation sites excluding steroid dienone is 1. The van der Waals surface area contributed by atoms with Gasteiger partial charge in [-0.3, -0.25) is 9.59 Å². The molecule has 0 radical (unpaired) electrons. The predicted molar refractivity (Wildman–Crippen MR) is 77.2 cm³/mol. The molecule has 6 heteroatoms. The number of hydrogen-bond acceptors (Lipinski definition) is 2. The topological polar surface area (TPSA) is 46.2 Å². The van der Waals surface area contributed by atoms with Crippen LogP contribution in [-0.4, -0.2) is 11.7 Å². The highest BCUT2D eigenvalue weighted by molar-refractivity contribution is 5.96. The van der Waals surface area contributed by atoms with Crippen LogP contribution in [0.1, 0.15) is 48.5 Å². The van der Waals surface area contributed by atoms with Crippen LogP contribution in [0.25, 0.3) is 0 Å². The Balaban J connectivity index is 2.57. The zero-order chi connectivity index (χ0) is 16.6. The van der Waals surface area contributed by atoms with Crippen LogP contribution >= 0.6 is 0 Å². The number of alkyl halides is 3. The third-order valence-corrected chi connectivity index (χ3v) is 2.96. The van der Waals surface area contributed by atoms with E-state index in [4.69, 9.17) is 0 Å². The number of nitrogens with one attached hydrogen (secondary N) is 1. The largest absolute Gasteiger partial charge is 0.416 e. The van der Waals surface area contributed by atoms with Gasteiger partial charge in [0.2, 0.25) is 0 Å². The first-order valence-electron chi connectivity index (χ1n) is 7.02. The summed E-state index contributed by atoms with van der Waals surface area (Å²) in [6.45, 7) is 2.02. The SMILES string of the molecule is CCCCCC(=O)/C=C\NC(=O)c1cccc(C(F)(F)F)c1. The average molecular weight is 313 g/mol. The second-order valence-corrected chi connectivity index (χ2v) is 4.81. The molecule has 1 amide bonds. The predicted octanol–water partition coefficient (Wildman–Crippen LogP) is 4.10. The number of amides is 1. The highest BCUT2D eigenvalue weighted by Gasteiger charge is 2.30. The Hall–Kier alpha value is -2.11. The molecule has 0 unspecified atom stereocenters. The van der Waals surface area contributed by atoms with E-state index < -0.39 is 17.6 Å². The molecular weight excluding hydrogens is 295 g/mol. The van der Waals surface area contributed by atoms with Crippen LogP contribution in [0.2, 0.25) is 0 Å². The summed E-state index contributed by atoms with van der Waals surface area (Å²) in [6.07, 6.45) is 1.02. The highest BCUT2D eigenvalue weighted by Crippen LogP contribution is 2.29. The first-order chi connectivity index (χ1) is 10.3. The number of carbonyl (C=O) groups excluding carboxylic acids is 2. The van der Waals surface area contributed by atoms with Crippen LogP contribution in [-0.2, 0) is 11.0 Å². The van der Waals surface area contributed by atoms with Gasteiger partial charge in [0.25, 0.3) is 5.91 Å². The van der Waals surface area contributed by atoms with Crippen molar-refractivity contribution in [2.24, 2.45) is 0 Å². The minimum Gasteiger partial charge on any atom is -0.328 e. The molecule has 0 bridgehead atoms. The van der Waals surface area contributed by atoms with Crippen LogP contribution in [0, 0.1) is 0 Å². The highest BCUT2D eigenvalue weighted by atomic mass is 19.4. The summed E-state index contributed by atoms with van der Waals surface area (Å²) in [5.41, 5.74) is -1.00. The monoisotopic (exact) mass is 313 g/mol. The molecule has 1 aromatic carbocycles. The molecule has 1 N–H and O–H groups in total. The lowest BCUT2D eigenvalue weighted by atomic mass is 10.1. The molecule has 1 aromatic rings. The minimum absolute atomic E-state index is 0.113. The average Bonchev–Trinajstić information content (AvgIpc) is 2.46. The Morgan fingerprint density at radius 3 is 2.59 bits per heavy atom. The molecule has 0 fully saturated rings. The lowest BCUT2D eigenvalue weighted by molar-refractivity contribution is -0.137. The van der Waals surface area contributed by atoms with E-state index in [0.717, 1.165) is 43.7 Å². The van der Waals surface area contributed by atoms with Crippen molar-refractivity contribution in [2.45, 2.75) is 38.8 Å². The fourth-order valence-electron chi connectivity index (χ4n) is 1.76. The van der Waals surface area contributed by atoms with Gasteiger partial charge < -0.3 is 5.32 Å². The normalized spacial score (nSPS) is 11.6. The van der Waals surface area contributed by atoms with Crippen LogP contribution in [0.4, 0.5) is 13.2 Å². The van der Waals surface area contributed by atoms with Crippen molar-refractivity contribution in [3.05, 3.63) is 47.7 Å². The van der Waals surface area contributed by atoms with Gasteiger partial charge in [0.1, 0.15) is 0 Å². The van der Waals surface area contributed by atoms with Gasteiger partial charge in [0.05, 0.1) is 5.56 Å².